The van der Waals surface area contributed by atoms with Gasteiger partial charge >= 0.3 is 0 Å². The number of carbonyl (C=O) groups excluding carboxylic acids is 1. The second-order valence-corrected chi connectivity index (χ2v) is 9.05. The second-order valence-electron chi connectivity index (χ2n) is 5.82. The Morgan fingerprint density at radius 3 is 2.96 bits per heavy atom. The van der Waals surface area contributed by atoms with E-state index in [4.69, 9.17) is 0 Å². The predicted molar refractivity (Wildman–Crippen MR) is 102 cm³/mol. The predicted octanol–water partition coefficient (Wildman–Crippen LogP) is 3.80. The number of anilines is 1. The summed E-state index contributed by atoms with van der Waals surface area (Å²) in [5.74, 6) is 0.441. The van der Waals surface area contributed by atoms with Gasteiger partial charge in [-0.2, -0.15) is 0 Å². The number of hydrogen-bond donors (Lipinski definition) is 2. The van der Waals surface area contributed by atoms with Crippen molar-refractivity contribution in [2.24, 2.45) is 0 Å². The maximum absolute atomic E-state index is 11.9. The molecule has 8 heteroatoms. The summed E-state index contributed by atoms with van der Waals surface area (Å²) < 4.78 is 0.849. The van der Waals surface area contributed by atoms with Crippen LogP contribution < -0.4 is 10.6 Å². The van der Waals surface area contributed by atoms with Gasteiger partial charge in [0.2, 0.25) is 11.0 Å². The van der Waals surface area contributed by atoms with E-state index in [1.807, 2.05) is 6.07 Å². The highest BCUT2D eigenvalue weighted by Crippen LogP contribution is 2.28. The lowest BCUT2D eigenvalue weighted by Gasteiger charge is -2.21. The number of thioether (sulfide) groups is 1. The molecule has 130 valence electrons. The molecule has 2 heterocycles. The minimum absolute atomic E-state index is 0.0496. The van der Waals surface area contributed by atoms with Crippen LogP contribution in [0.1, 0.15) is 37.0 Å². The van der Waals surface area contributed by atoms with E-state index in [1.54, 1.807) is 22.7 Å². The molecule has 2 aromatic rings. The van der Waals surface area contributed by atoms with Crippen LogP contribution in [-0.4, -0.2) is 34.4 Å². The molecule has 0 aromatic carbocycles. The normalized spacial score (nSPS) is 15.3. The van der Waals surface area contributed by atoms with Crippen LogP contribution in [0.15, 0.2) is 21.9 Å². The highest BCUT2D eigenvalue weighted by molar-refractivity contribution is 8.01. The molecule has 1 saturated carbocycles. The monoisotopic (exact) mass is 382 g/mol. The molecule has 0 saturated heterocycles. The molecule has 2 N–H and O–H groups in total. The first-order valence-electron chi connectivity index (χ1n) is 8.31. The van der Waals surface area contributed by atoms with Crippen molar-refractivity contribution in [1.29, 1.82) is 0 Å². The Hall–Kier alpha value is -1.12. The lowest BCUT2D eigenvalue weighted by atomic mass is 9.96. The Morgan fingerprint density at radius 2 is 2.17 bits per heavy atom. The summed E-state index contributed by atoms with van der Waals surface area (Å²) in [4.78, 5) is 13.2. The SMILES string of the molecule is O=C(CSc1nnc(NC2CCCCC2)s1)NCCc1cccs1. The fraction of sp³-hybridized carbons (Fsp3) is 0.562. The first-order valence-corrected chi connectivity index (χ1v) is 11.0. The van der Waals surface area contributed by atoms with E-state index in [1.165, 1.54) is 48.7 Å². The zero-order valence-electron chi connectivity index (χ0n) is 13.5. The van der Waals surface area contributed by atoms with E-state index in [0.29, 0.717) is 18.3 Å². The first kappa shape index (κ1) is 17.7. The van der Waals surface area contributed by atoms with Crippen LogP contribution in [0.3, 0.4) is 0 Å². The van der Waals surface area contributed by atoms with E-state index >= 15 is 0 Å². The van der Waals surface area contributed by atoms with Gasteiger partial charge in [0.25, 0.3) is 0 Å². The van der Waals surface area contributed by atoms with Crippen LogP contribution in [0, 0.1) is 0 Å². The van der Waals surface area contributed by atoms with Crippen molar-refractivity contribution in [2.45, 2.75) is 48.9 Å². The molecule has 1 aliphatic carbocycles. The van der Waals surface area contributed by atoms with Crippen LogP contribution in [0.2, 0.25) is 0 Å². The second kappa shape index (κ2) is 9.39. The third-order valence-electron chi connectivity index (χ3n) is 3.94. The number of hydrogen-bond acceptors (Lipinski definition) is 7. The minimum Gasteiger partial charge on any atom is -0.357 e. The summed E-state index contributed by atoms with van der Waals surface area (Å²) in [5, 5.41) is 17.7. The van der Waals surface area contributed by atoms with Crippen LogP contribution in [0.5, 0.6) is 0 Å². The topological polar surface area (TPSA) is 66.9 Å². The molecule has 5 nitrogen and oxygen atoms in total. The molecule has 2 aromatic heterocycles. The van der Waals surface area contributed by atoms with Crippen molar-refractivity contribution in [1.82, 2.24) is 15.5 Å². The smallest absolute Gasteiger partial charge is 0.230 e. The van der Waals surface area contributed by atoms with Gasteiger partial charge in [-0.1, -0.05) is 48.4 Å². The lowest BCUT2D eigenvalue weighted by molar-refractivity contribution is -0.118. The summed E-state index contributed by atoms with van der Waals surface area (Å²) in [6.45, 7) is 0.685. The molecule has 24 heavy (non-hydrogen) atoms. The van der Waals surface area contributed by atoms with Crippen molar-refractivity contribution in [3.63, 3.8) is 0 Å². The Balaban J connectivity index is 1.34. The lowest BCUT2D eigenvalue weighted by Crippen LogP contribution is -2.27. The molecule has 0 radical (unpaired) electrons. The molecule has 3 rings (SSSR count). The third-order valence-corrected chi connectivity index (χ3v) is 6.86. The molecule has 0 spiro atoms. The molecule has 0 unspecified atom stereocenters. The number of nitrogens with one attached hydrogen (secondary N) is 2. The van der Waals surface area contributed by atoms with E-state index in [-0.39, 0.29) is 5.91 Å². The van der Waals surface area contributed by atoms with E-state index in [9.17, 15) is 4.79 Å². The molecular weight excluding hydrogens is 360 g/mol. The van der Waals surface area contributed by atoms with Crippen molar-refractivity contribution in [3.05, 3.63) is 22.4 Å². The summed E-state index contributed by atoms with van der Waals surface area (Å²) >= 11 is 4.72. The third kappa shape index (κ3) is 5.75. The Kier molecular flexibility index (Phi) is 6.92. The molecule has 0 bridgehead atoms. The zero-order valence-corrected chi connectivity index (χ0v) is 15.9. The van der Waals surface area contributed by atoms with Gasteiger partial charge in [-0.05, 0) is 30.7 Å². The maximum atomic E-state index is 11.9. The fourth-order valence-electron chi connectivity index (χ4n) is 2.71. The van der Waals surface area contributed by atoms with Gasteiger partial charge in [0.05, 0.1) is 5.75 Å². The van der Waals surface area contributed by atoms with Gasteiger partial charge in [0, 0.05) is 17.5 Å². The summed E-state index contributed by atoms with van der Waals surface area (Å²) in [6.07, 6.45) is 7.26. The molecule has 1 amide bonds. The number of rotatable bonds is 8. The van der Waals surface area contributed by atoms with E-state index in [0.717, 1.165) is 15.9 Å². The standard InChI is InChI=1S/C16H22N4OS3/c21-14(17-9-8-13-7-4-10-22-13)11-23-16-20-19-15(24-16)18-12-5-2-1-3-6-12/h4,7,10,12H,1-3,5-6,8-9,11H2,(H,17,21)(H,18,19). The molecule has 1 aliphatic rings. The van der Waals surface area contributed by atoms with Gasteiger partial charge in [-0.3, -0.25) is 4.79 Å². The van der Waals surface area contributed by atoms with Crippen LogP contribution in [0.25, 0.3) is 0 Å². The number of carbonyl (C=O) groups is 1. The van der Waals surface area contributed by atoms with Gasteiger partial charge in [-0.25, -0.2) is 0 Å². The first-order chi connectivity index (χ1) is 11.8. The van der Waals surface area contributed by atoms with Crippen molar-refractivity contribution in [2.75, 3.05) is 17.6 Å². The number of nitrogens with zero attached hydrogens (tertiary/aromatic N) is 2. The highest BCUT2D eigenvalue weighted by Gasteiger charge is 2.15. The van der Waals surface area contributed by atoms with Gasteiger partial charge in [0.1, 0.15) is 0 Å². The van der Waals surface area contributed by atoms with Crippen molar-refractivity contribution >= 4 is 45.5 Å². The average Bonchev–Trinajstić information content (AvgIpc) is 3.26. The van der Waals surface area contributed by atoms with Crippen LogP contribution in [0.4, 0.5) is 5.13 Å². The van der Waals surface area contributed by atoms with Crippen molar-refractivity contribution < 1.29 is 4.79 Å². The minimum atomic E-state index is 0.0496. The van der Waals surface area contributed by atoms with Crippen LogP contribution >= 0.6 is 34.4 Å². The largest absolute Gasteiger partial charge is 0.357 e. The average molecular weight is 383 g/mol. The maximum Gasteiger partial charge on any atom is 0.230 e. The van der Waals surface area contributed by atoms with Crippen molar-refractivity contribution in [3.8, 4) is 0 Å². The number of amides is 1. The molecular formula is C16H22N4OS3. The van der Waals surface area contributed by atoms with Gasteiger partial charge in [0.15, 0.2) is 4.34 Å². The van der Waals surface area contributed by atoms with Crippen LogP contribution in [-0.2, 0) is 11.2 Å². The summed E-state index contributed by atoms with van der Waals surface area (Å²) in [5.41, 5.74) is 0. The molecule has 0 atom stereocenters. The zero-order chi connectivity index (χ0) is 16.6. The Morgan fingerprint density at radius 1 is 1.29 bits per heavy atom. The highest BCUT2D eigenvalue weighted by atomic mass is 32.2. The quantitative estimate of drug-likeness (QED) is 0.680. The summed E-state index contributed by atoms with van der Waals surface area (Å²) in [7, 11) is 0. The van der Waals surface area contributed by atoms with Gasteiger partial charge < -0.3 is 10.6 Å². The molecule has 1 fully saturated rings. The number of aromatic nitrogens is 2. The van der Waals surface area contributed by atoms with Gasteiger partial charge in [-0.15, -0.1) is 21.5 Å². The number of thiophene rings is 1. The fourth-order valence-corrected chi connectivity index (χ4v) is 5.07. The van der Waals surface area contributed by atoms with E-state index < -0.39 is 0 Å². The Bertz CT molecular complexity index is 623. The summed E-state index contributed by atoms with van der Waals surface area (Å²) in [6, 6.07) is 4.66. The van der Waals surface area contributed by atoms with E-state index in [2.05, 4.69) is 32.3 Å². The Labute approximate surface area is 154 Å². The molecule has 0 aliphatic heterocycles.